The Bertz CT molecular complexity index is 431. The van der Waals surface area contributed by atoms with E-state index < -0.39 is 0 Å². The zero-order chi connectivity index (χ0) is 13.7. The number of hydrogen-bond donors (Lipinski definition) is 1. The lowest BCUT2D eigenvalue weighted by Crippen LogP contribution is -2.38. The van der Waals surface area contributed by atoms with E-state index in [-0.39, 0.29) is 5.91 Å². The molecule has 1 aromatic carbocycles. The molecule has 3 nitrogen and oxygen atoms in total. The van der Waals surface area contributed by atoms with Gasteiger partial charge in [-0.2, -0.15) is 0 Å². The van der Waals surface area contributed by atoms with Gasteiger partial charge in [-0.05, 0) is 50.4 Å². The number of amides is 1. The first-order valence-electron chi connectivity index (χ1n) is 7.32. The smallest absolute Gasteiger partial charge is 0.254 e. The Labute approximate surface area is 115 Å². The topological polar surface area (TPSA) is 46.3 Å². The number of hydrogen-bond acceptors (Lipinski definition) is 2. The van der Waals surface area contributed by atoms with Crippen molar-refractivity contribution in [3.05, 3.63) is 35.4 Å². The van der Waals surface area contributed by atoms with E-state index in [4.69, 9.17) is 5.73 Å². The lowest BCUT2D eigenvalue weighted by atomic mass is 10.1. The van der Waals surface area contributed by atoms with E-state index in [1.807, 2.05) is 29.2 Å². The summed E-state index contributed by atoms with van der Waals surface area (Å²) >= 11 is 0. The number of nitrogens with two attached hydrogens (primary N) is 1. The Kier molecular flexibility index (Phi) is 4.97. The fraction of sp³-hybridized carbons (Fsp3) is 0.562. The third kappa shape index (κ3) is 3.57. The summed E-state index contributed by atoms with van der Waals surface area (Å²) in [7, 11) is 0. The summed E-state index contributed by atoms with van der Waals surface area (Å²) in [4.78, 5) is 14.7. The van der Waals surface area contributed by atoms with Crippen LogP contribution in [0.3, 0.4) is 0 Å². The molecule has 3 heteroatoms. The Balaban J connectivity index is 2.15. The second-order valence-corrected chi connectivity index (χ2v) is 5.44. The average Bonchev–Trinajstić information content (AvgIpc) is 2.63. The van der Waals surface area contributed by atoms with Crippen molar-refractivity contribution >= 4 is 5.91 Å². The van der Waals surface area contributed by atoms with Gasteiger partial charge in [0, 0.05) is 18.2 Å². The Morgan fingerprint density at radius 3 is 3.00 bits per heavy atom. The third-order valence-corrected chi connectivity index (χ3v) is 3.92. The van der Waals surface area contributed by atoms with Crippen LogP contribution in [0, 0.1) is 0 Å². The van der Waals surface area contributed by atoms with Crippen LogP contribution < -0.4 is 5.73 Å². The number of benzene rings is 1. The summed E-state index contributed by atoms with van der Waals surface area (Å²) in [6.45, 7) is 3.67. The predicted molar refractivity (Wildman–Crippen MR) is 78.2 cm³/mol. The minimum Gasteiger partial charge on any atom is -0.336 e. The summed E-state index contributed by atoms with van der Waals surface area (Å²) in [5.41, 5.74) is 7.53. The number of rotatable bonds is 3. The molecule has 1 aliphatic heterocycles. The van der Waals surface area contributed by atoms with Crippen LogP contribution in [0.25, 0.3) is 0 Å². The molecule has 0 spiro atoms. The highest BCUT2D eigenvalue weighted by Crippen LogP contribution is 2.19. The molecular formula is C16H24N2O. The molecule has 0 saturated carbocycles. The zero-order valence-electron chi connectivity index (χ0n) is 11.8. The maximum Gasteiger partial charge on any atom is 0.254 e. The third-order valence-electron chi connectivity index (χ3n) is 3.92. The highest BCUT2D eigenvalue weighted by atomic mass is 16.2. The minimum absolute atomic E-state index is 0.174. The summed E-state index contributed by atoms with van der Waals surface area (Å²) < 4.78 is 0. The molecule has 1 fully saturated rings. The summed E-state index contributed by atoms with van der Waals surface area (Å²) in [5.74, 6) is 0.174. The molecule has 2 rings (SSSR count). The van der Waals surface area contributed by atoms with Crippen molar-refractivity contribution in [2.24, 2.45) is 5.73 Å². The fourth-order valence-electron chi connectivity index (χ4n) is 2.77. The van der Waals surface area contributed by atoms with Crippen LogP contribution in [0.5, 0.6) is 0 Å². The van der Waals surface area contributed by atoms with Gasteiger partial charge in [-0.1, -0.05) is 25.0 Å². The van der Waals surface area contributed by atoms with Gasteiger partial charge >= 0.3 is 0 Å². The zero-order valence-corrected chi connectivity index (χ0v) is 11.8. The van der Waals surface area contributed by atoms with Crippen LogP contribution in [-0.4, -0.2) is 29.9 Å². The first-order valence-corrected chi connectivity index (χ1v) is 7.32. The highest BCUT2D eigenvalue weighted by Gasteiger charge is 2.22. The summed E-state index contributed by atoms with van der Waals surface area (Å²) in [6, 6.07) is 8.26. The maximum atomic E-state index is 12.6. The van der Waals surface area contributed by atoms with Crippen molar-refractivity contribution in [1.29, 1.82) is 0 Å². The molecule has 1 saturated heterocycles. The number of carbonyl (C=O) groups excluding carboxylic acids is 1. The van der Waals surface area contributed by atoms with Gasteiger partial charge in [0.2, 0.25) is 0 Å². The standard InChI is InChI=1S/C16H24N2O/c1-13-6-3-2-4-11-18(13)16(19)15-8-5-7-14(12-15)9-10-17/h5,7-8,12-13H,2-4,6,9-11,17H2,1H3. The molecule has 1 aliphatic rings. The normalized spacial score (nSPS) is 20.1. The van der Waals surface area contributed by atoms with Gasteiger partial charge < -0.3 is 10.6 Å². The molecule has 1 atom stereocenters. The number of likely N-dealkylation sites (tertiary alicyclic amines) is 1. The summed E-state index contributed by atoms with van der Waals surface area (Å²) in [6.07, 6.45) is 5.54. The van der Waals surface area contributed by atoms with Gasteiger partial charge in [-0.25, -0.2) is 0 Å². The van der Waals surface area contributed by atoms with E-state index in [0.717, 1.165) is 36.9 Å². The van der Waals surface area contributed by atoms with E-state index in [9.17, 15) is 4.79 Å². The van der Waals surface area contributed by atoms with Crippen molar-refractivity contribution in [1.82, 2.24) is 4.90 Å². The molecule has 0 radical (unpaired) electrons. The fourth-order valence-corrected chi connectivity index (χ4v) is 2.77. The van der Waals surface area contributed by atoms with Gasteiger partial charge in [0.05, 0.1) is 0 Å². The van der Waals surface area contributed by atoms with E-state index in [2.05, 4.69) is 6.92 Å². The second kappa shape index (κ2) is 6.71. The van der Waals surface area contributed by atoms with E-state index >= 15 is 0 Å². The van der Waals surface area contributed by atoms with Crippen molar-refractivity contribution in [2.75, 3.05) is 13.1 Å². The molecular weight excluding hydrogens is 236 g/mol. The number of nitrogens with zero attached hydrogens (tertiary/aromatic N) is 1. The first kappa shape index (κ1) is 14.1. The second-order valence-electron chi connectivity index (χ2n) is 5.44. The van der Waals surface area contributed by atoms with Crippen LogP contribution in [0.15, 0.2) is 24.3 Å². The van der Waals surface area contributed by atoms with Gasteiger partial charge in [0.25, 0.3) is 5.91 Å². The Morgan fingerprint density at radius 2 is 2.21 bits per heavy atom. The molecule has 1 aromatic rings. The van der Waals surface area contributed by atoms with Crippen LogP contribution in [0.4, 0.5) is 0 Å². The molecule has 19 heavy (non-hydrogen) atoms. The van der Waals surface area contributed by atoms with E-state index in [1.54, 1.807) is 0 Å². The lowest BCUT2D eigenvalue weighted by Gasteiger charge is -2.27. The Morgan fingerprint density at radius 1 is 1.37 bits per heavy atom. The molecule has 0 aromatic heterocycles. The maximum absolute atomic E-state index is 12.6. The minimum atomic E-state index is 0.174. The van der Waals surface area contributed by atoms with E-state index in [0.29, 0.717) is 12.6 Å². The van der Waals surface area contributed by atoms with Gasteiger partial charge in [0.15, 0.2) is 0 Å². The van der Waals surface area contributed by atoms with Crippen LogP contribution in [0.2, 0.25) is 0 Å². The SMILES string of the molecule is CC1CCCCCN1C(=O)c1cccc(CCN)c1. The van der Waals surface area contributed by atoms with Crippen molar-refractivity contribution in [3.63, 3.8) is 0 Å². The van der Waals surface area contributed by atoms with Crippen LogP contribution in [-0.2, 0) is 6.42 Å². The van der Waals surface area contributed by atoms with Gasteiger partial charge in [-0.15, -0.1) is 0 Å². The lowest BCUT2D eigenvalue weighted by molar-refractivity contribution is 0.0698. The molecule has 104 valence electrons. The van der Waals surface area contributed by atoms with Crippen molar-refractivity contribution in [2.45, 2.75) is 45.1 Å². The quantitative estimate of drug-likeness (QED) is 0.908. The average molecular weight is 260 g/mol. The van der Waals surface area contributed by atoms with Crippen molar-refractivity contribution in [3.8, 4) is 0 Å². The predicted octanol–water partition coefficient (Wildman–Crippen LogP) is 2.59. The molecule has 0 aliphatic carbocycles. The molecule has 2 N–H and O–H groups in total. The Hall–Kier alpha value is -1.35. The molecule has 1 amide bonds. The first-order chi connectivity index (χ1) is 9.22. The largest absolute Gasteiger partial charge is 0.336 e. The molecule has 0 bridgehead atoms. The monoisotopic (exact) mass is 260 g/mol. The molecule has 1 heterocycles. The summed E-state index contributed by atoms with van der Waals surface area (Å²) in [5, 5.41) is 0. The van der Waals surface area contributed by atoms with Crippen LogP contribution >= 0.6 is 0 Å². The highest BCUT2D eigenvalue weighted by molar-refractivity contribution is 5.94. The number of carbonyl (C=O) groups is 1. The van der Waals surface area contributed by atoms with Crippen LogP contribution in [0.1, 0.15) is 48.5 Å². The van der Waals surface area contributed by atoms with Gasteiger partial charge in [-0.3, -0.25) is 4.79 Å². The van der Waals surface area contributed by atoms with Gasteiger partial charge in [0.1, 0.15) is 0 Å². The van der Waals surface area contributed by atoms with Crippen molar-refractivity contribution < 1.29 is 4.79 Å². The molecule has 1 unspecified atom stereocenters. The van der Waals surface area contributed by atoms with E-state index in [1.165, 1.54) is 12.8 Å².